The molecule has 0 aliphatic carbocycles. The summed E-state index contributed by atoms with van der Waals surface area (Å²) in [6.45, 7) is 9.46. The van der Waals surface area contributed by atoms with Gasteiger partial charge in [-0.3, -0.25) is 9.80 Å². The summed E-state index contributed by atoms with van der Waals surface area (Å²) in [4.78, 5) is 7.27. The van der Waals surface area contributed by atoms with E-state index in [1.54, 1.807) is 0 Å². The topological polar surface area (TPSA) is 30.0 Å². The molecule has 2 saturated heterocycles. The van der Waals surface area contributed by atoms with Crippen LogP contribution in [0.15, 0.2) is 24.3 Å². The van der Waals surface area contributed by atoms with Crippen LogP contribution in [0.5, 0.6) is 0 Å². The van der Waals surface area contributed by atoms with Gasteiger partial charge in [0.1, 0.15) is 0 Å². The van der Waals surface area contributed by atoms with E-state index >= 15 is 0 Å². The van der Waals surface area contributed by atoms with Crippen molar-refractivity contribution in [1.29, 1.82) is 0 Å². The number of aliphatic hydroxyl groups excluding tert-OH is 1. The second kappa shape index (κ2) is 7.75. The number of piperidine rings is 1. The number of nitrogens with zero attached hydrogens (tertiary/aromatic N) is 3. The van der Waals surface area contributed by atoms with E-state index in [1.807, 2.05) is 0 Å². The molecule has 2 fully saturated rings. The maximum Gasteiger partial charge on any atom is 0.0822 e. The molecule has 0 spiro atoms. The van der Waals surface area contributed by atoms with Gasteiger partial charge in [-0.05, 0) is 31.0 Å². The molecule has 4 nitrogen and oxygen atoms in total. The number of aryl methyl sites for hydroxylation is 1. The van der Waals surface area contributed by atoms with Crippen LogP contribution in [0.4, 0.5) is 0 Å². The second-order valence-electron chi connectivity index (χ2n) is 7.17. The molecule has 3 rings (SSSR count). The minimum Gasteiger partial charge on any atom is -0.390 e. The van der Waals surface area contributed by atoms with Crippen molar-refractivity contribution in [2.75, 3.05) is 46.3 Å². The molecular formula is C19H31N3O. The molecule has 0 saturated carbocycles. The van der Waals surface area contributed by atoms with Crippen LogP contribution in [0.2, 0.25) is 0 Å². The van der Waals surface area contributed by atoms with E-state index in [0.29, 0.717) is 6.04 Å². The van der Waals surface area contributed by atoms with Crippen LogP contribution < -0.4 is 0 Å². The number of hydrogen-bond donors (Lipinski definition) is 1. The summed E-state index contributed by atoms with van der Waals surface area (Å²) in [5.74, 6) is 0. The number of rotatable bonds is 4. The lowest BCUT2D eigenvalue weighted by Gasteiger charge is -2.44. The fraction of sp³-hybridized carbons (Fsp3) is 0.684. The summed E-state index contributed by atoms with van der Waals surface area (Å²) in [7, 11) is 2.18. The summed E-state index contributed by atoms with van der Waals surface area (Å²) in [6, 6.07) is 9.27. The zero-order valence-electron chi connectivity index (χ0n) is 14.6. The van der Waals surface area contributed by atoms with Crippen molar-refractivity contribution in [3.8, 4) is 0 Å². The molecule has 1 N–H and O–H groups in total. The first-order chi connectivity index (χ1) is 11.2. The number of β-amino-alcohol motifs (C(OH)–C–C–N with tert-alkyl or cyclic N) is 1. The quantitative estimate of drug-likeness (QED) is 0.910. The Bertz CT molecular complexity index is 482. The van der Waals surface area contributed by atoms with Gasteiger partial charge in [0.2, 0.25) is 0 Å². The van der Waals surface area contributed by atoms with Crippen molar-refractivity contribution in [2.45, 2.75) is 38.5 Å². The number of hydrogen-bond acceptors (Lipinski definition) is 4. The van der Waals surface area contributed by atoms with Gasteiger partial charge >= 0.3 is 0 Å². The average molecular weight is 317 g/mol. The van der Waals surface area contributed by atoms with Crippen LogP contribution >= 0.6 is 0 Å². The molecule has 4 heteroatoms. The summed E-state index contributed by atoms with van der Waals surface area (Å²) in [6.07, 6.45) is 1.95. The fourth-order valence-corrected chi connectivity index (χ4v) is 3.85. The van der Waals surface area contributed by atoms with E-state index in [0.717, 1.165) is 58.7 Å². The third-order valence-electron chi connectivity index (χ3n) is 5.47. The van der Waals surface area contributed by atoms with Crippen molar-refractivity contribution in [2.24, 2.45) is 0 Å². The van der Waals surface area contributed by atoms with Crippen molar-refractivity contribution in [3.05, 3.63) is 35.4 Å². The van der Waals surface area contributed by atoms with Crippen LogP contribution in [-0.2, 0) is 13.0 Å². The molecule has 1 aromatic carbocycles. The standard InChI is InChI=1S/C19H31N3O/c1-3-16-4-6-17(7-5-16)14-21-9-8-18(19(23)15-21)22-12-10-20(2)11-13-22/h4-7,18-19,23H,3,8-15H2,1-2H3/t18-,19-/m1/s1. The number of likely N-dealkylation sites (tertiary alicyclic amines) is 1. The Morgan fingerprint density at radius 1 is 1.00 bits per heavy atom. The van der Waals surface area contributed by atoms with Crippen LogP contribution in [0.1, 0.15) is 24.5 Å². The summed E-state index contributed by atoms with van der Waals surface area (Å²) in [5, 5.41) is 10.6. The van der Waals surface area contributed by atoms with E-state index in [4.69, 9.17) is 0 Å². The van der Waals surface area contributed by atoms with Gasteiger partial charge in [0.05, 0.1) is 6.10 Å². The Kier molecular flexibility index (Phi) is 5.70. The highest BCUT2D eigenvalue weighted by Crippen LogP contribution is 2.20. The molecule has 128 valence electrons. The molecule has 2 aliphatic heterocycles. The number of aliphatic hydroxyl groups is 1. The summed E-state index contributed by atoms with van der Waals surface area (Å²) in [5.41, 5.74) is 2.75. The number of piperazine rings is 1. The highest BCUT2D eigenvalue weighted by atomic mass is 16.3. The average Bonchev–Trinajstić information content (AvgIpc) is 2.57. The highest BCUT2D eigenvalue weighted by molar-refractivity contribution is 5.22. The number of likely N-dealkylation sites (N-methyl/N-ethyl adjacent to an activating group) is 1. The van der Waals surface area contributed by atoms with Crippen molar-refractivity contribution in [3.63, 3.8) is 0 Å². The van der Waals surface area contributed by atoms with Crippen molar-refractivity contribution < 1.29 is 5.11 Å². The third-order valence-corrected chi connectivity index (χ3v) is 5.47. The molecule has 1 aromatic rings. The SMILES string of the molecule is CCc1ccc(CN2CC[C@@H](N3CCN(C)CC3)[C@H](O)C2)cc1. The smallest absolute Gasteiger partial charge is 0.0822 e. The highest BCUT2D eigenvalue weighted by Gasteiger charge is 2.33. The predicted molar refractivity (Wildman–Crippen MR) is 94.6 cm³/mol. The monoisotopic (exact) mass is 317 g/mol. The van der Waals surface area contributed by atoms with Crippen LogP contribution in [0.3, 0.4) is 0 Å². The van der Waals surface area contributed by atoms with Crippen LogP contribution in [0, 0.1) is 0 Å². The molecule has 2 heterocycles. The minimum atomic E-state index is -0.220. The summed E-state index contributed by atoms with van der Waals surface area (Å²) >= 11 is 0. The lowest BCUT2D eigenvalue weighted by atomic mass is 9.98. The molecule has 0 aromatic heterocycles. The van der Waals surface area contributed by atoms with E-state index in [-0.39, 0.29) is 6.10 Å². The molecule has 2 aliphatic rings. The first kappa shape index (κ1) is 16.9. The zero-order valence-corrected chi connectivity index (χ0v) is 14.6. The van der Waals surface area contributed by atoms with Crippen molar-refractivity contribution >= 4 is 0 Å². The fourth-order valence-electron chi connectivity index (χ4n) is 3.85. The molecule has 0 amide bonds. The van der Waals surface area contributed by atoms with E-state index < -0.39 is 0 Å². The van der Waals surface area contributed by atoms with Gasteiger partial charge in [-0.25, -0.2) is 0 Å². The Balaban J connectivity index is 1.51. The number of benzene rings is 1. The lowest BCUT2D eigenvalue weighted by molar-refractivity contribution is -0.0286. The Morgan fingerprint density at radius 2 is 1.65 bits per heavy atom. The second-order valence-corrected chi connectivity index (χ2v) is 7.17. The third kappa shape index (κ3) is 4.32. The zero-order chi connectivity index (χ0) is 16.2. The summed E-state index contributed by atoms with van der Waals surface area (Å²) < 4.78 is 0. The maximum absolute atomic E-state index is 10.6. The largest absolute Gasteiger partial charge is 0.390 e. The van der Waals surface area contributed by atoms with E-state index in [2.05, 4.69) is 52.9 Å². The normalized spacial score (nSPS) is 28.1. The maximum atomic E-state index is 10.6. The molecule has 0 unspecified atom stereocenters. The van der Waals surface area contributed by atoms with Gasteiger partial charge in [-0.15, -0.1) is 0 Å². The molecular weight excluding hydrogens is 286 g/mol. The lowest BCUT2D eigenvalue weighted by Crippen LogP contribution is -2.58. The van der Waals surface area contributed by atoms with Gasteiger partial charge in [0.15, 0.2) is 0 Å². The van der Waals surface area contributed by atoms with Crippen LogP contribution in [-0.4, -0.2) is 78.3 Å². The molecule has 23 heavy (non-hydrogen) atoms. The molecule has 2 atom stereocenters. The molecule has 0 bridgehead atoms. The minimum absolute atomic E-state index is 0.220. The Morgan fingerprint density at radius 3 is 2.26 bits per heavy atom. The van der Waals surface area contributed by atoms with Gasteiger partial charge in [0.25, 0.3) is 0 Å². The Hall–Kier alpha value is -0.940. The van der Waals surface area contributed by atoms with Gasteiger partial charge < -0.3 is 10.0 Å². The first-order valence-electron chi connectivity index (χ1n) is 9.06. The molecule has 0 radical (unpaired) electrons. The van der Waals surface area contributed by atoms with Gasteiger partial charge in [-0.2, -0.15) is 0 Å². The Labute approximate surface area is 140 Å². The van der Waals surface area contributed by atoms with E-state index in [1.165, 1.54) is 11.1 Å². The van der Waals surface area contributed by atoms with Gasteiger partial charge in [-0.1, -0.05) is 31.2 Å². The van der Waals surface area contributed by atoms with Gasteiger partial charge in [0, 0.05) is 51.9 Å². The predicted octanol–water partition coefficient (Wildman–Crippen LogP) is 1.43. The van der Waals surface area contributed by atoms with Crippen molar-refractivity contribution in [1.82, 2.24) is 14.7 Å². The first-order valence-corrected chi connectivity index (χ1v) is 9.06. The van der Waals surface area contributed by atoms with Crippen LogP contribution in [0.25, 0.3) is 0 Å². The van der Waals surface area contributed by atoms with E-state index in [9.17, 15) is 5.11 Å².